The highest BCUT2D eigenvalue weighted by molar-refractivity contribution is 9.09. The van der Waals surface area contributed by atoms with E-state index in [9.17, 15) is 0 Å². The lowest BCUT2D eigenvalue weighted by atomic mass is 9.89. The minimum Gasteiger partial charge on any atom is -0.289 e. The van der Waals surface area contributed by atoms with Gasteiger partial charge in [0.05, 0.1) is 0 Å². The van der Waals surface area contributed by atoms with Crippen LogP contribution in [0.3, 0.4) is 0 Å². The van der Waals surface area contributed by atoms with Gasteiger partial charge in [0, 0.05) is 22.5 Å². The lowest BCUT2D eigenvalue weighted by Crippen LogP contribution is -2.25. The molecule has 0 saturated heterocycles. The average molecular weight is 260 g/mol. The van der Waals surface area contributed by atoms with Crippen LogP contribution in [0.1, 0.15) is 52.9 Å². The molecule has 0 radical (unpaired) electrons. The van der Waals surface area contributed by atoms with Gasteiger partial charge in [-0.25, -0.2) is 0 Å². The summed E-state index contributed by atoms with van der Waals surface area (Å²) in [6.07, 6.45) is 6.74. The number of halogens is 1. The van der Waals surface area contributed by atoms with Gasteiger partial charge in [-0.1, -0.05) is 56.0 Å². The predicted molar refractivity (Wildman–Crippen MR) is 67.6 cm³/mol. The molecule has 1 fully saturated rings. The molecule has 0 aromatic heterocycles. The van der Waals surface area contributed by atoms with Gasteiger partial charge in [-0.15, -0.1) is 0 Å². The van der Waals surface area contributed by atoms with Crippen LogP contribution < -0.4 is 0 Å². The molecule has 1 rings (SSSR count). The molecule has 82 valence electrons. The zero-order valence-electron chi connectivity index (χ0n) is 9.65. The third-order valence-corrected chi connectivity index (χ3v) is 3.44. The molecule has 1 aliphatic carbocycles. The van der Waals surface area contributed by atoms with Gasteiger partial charge < -0.3 is 0 Å². The van der Waals surface area contributed by atoms with Crippen molar-refractivity contribution >= 4 is 21.6 Å². The Balaban J connectivity index is 2.62. The average Bonchev–Trinajstić information content (AvgIpc) is 2.14. The summed E-state index contributed by atoms with van der Waals surface area (Å²) in [5.74, 6) is 0. The first-order valence-corrected chi connectivity index (χ1v) is 6.79. The van der Waals surface area contributed by atoms with Gasteiger partial charge in [-0.3, -0.25) is 4.99 Å². The third-order valence-electron chi connectivity index (χ3n) is 2.91. The monoisotopic (exact) mass is 259 g/mol. The van der Waals surface area contributed by atoms with Crippen LogP contribution in [0.2, 0.25) is 0 Å². The summed E-state index contributed by atoms with van der Waals surface area (Å²) < 4.78 is 0. The van der Waals surface area contributed by atoms with Crippen molar-refractivity contribution in [2.24, 2.45) is 10.4 Å². The molecule has 14 heavy (non-hydrogen) atoms. The smallest absolute Gasteiger partial charge is 0.0499 e. The number of aliphatic imine (C=N–C) groups is 1. The SMILES string of the molecule is CC(C)(C)C(CBr)=NC1CCCCC1. The number of hydrogen-bond donors (Lipinski definition) is 0. The molecule has 0 unspecified atom stereocenters. The quantitative estimate of drug-likeness (QED) is 0.521. The summed E-state index contributed by atoms with van der Waals surface area (Å²) in [5, 5.41) is 0.924. The van der Waals surface area contributed by atoms with Gasteiger partial charge in [-0.05, 0) is 12.8 Å². The highest BCUT2D eigenvalue weighted by atomic mass is 79.9. The first kappa shape index (κ1) is 12.2. The number of hydrogen-bond acceptors (Lipinski definition) is 1. The maximum atomic E-state index is 4.90. The van der Waals surface area contributed by atoms with Crippen LogP contribution in [0, 0.1) is 5.41 Å². The zero-order valence-corrected chi connectivity index (χ0v) is 11.2. The van der Waals surface area contributed by atoms with E-state index < -0.39 is 0 Å². The van der Waals surface area contributed by atoms with E-state index in [2.05, 4.69) is 36.7 Å². The molecule has 1 nitrogen and oxygen atoms in total. The molecule has 1 aliphatic rings. The summed E-state index contributed by atoms with van der Waals surface area (Å²) >= 11 is 3.55. The van der Waals surface area contributed by atoms with Crippen LogP contribution in [-0.4, -0.2) is 17.1 Å². The Hall–Kier alpha value is 0.150. The highest BCUT2D eigenvalue weighted by Crippen LogP contribution is 2.24. The van der Waals surface area contributed by atoms with Crippen molar-refractivity contribution in [3.8, 4) is 0 Å². The third kappa shape index (κ3) is 3.72. The van der Waals surface area contributed by atoms with E-state index in [0.29, 0.717) is 6.04 Å². The van der Waals surface area contributed by atoms with Crippen LogP contribution in [0.5, 0.6) is 0 Å². The first-order valence-electron chi connectivity index (χ1n) is 5.67. The Morgan fingerprint density at radius 3 is 2.21 bits per heavy atom. The van der Waals surface area contributed by atoms with Crippen LogP contribution in [-0.2, 0) is 0 Å². The lowest BCUT2D eigenvalue weighted by molar-refractivity contribution is 0.438. The Labute approximate surface area is 96.5 Å². The predicted octanol–water partition coefficient (Wildman–Crippen LogP) is 4.20. The largest absolute Gasteiger partial charge is 0.289 e. The van der Waals surface area contributed by atoms with Crippen molar-refractivity contribution in [3.63, 3.8) is 0 Å². The Morgan fingerprint density at radius 2 is 1.79 bits per heavy atom. The molecule has 0 heterocycles. The van der Waals surface area contributed by atoms with Gasteiger partial charge in [-0.2, -0.15) is 0 Å². The molecule has 0 spiro atoms. The second-order valence-electron chi connectivity index (χ2n) is 5.25. The summed E-state index contributed by atoms with van der Waals surface area (Å²) in [6.45, 7) is 6.74. The van der Waals surface area contributed by atoms with Gasteiger partial charge in [0.15, 0.2) is 0 Å². The summed E-state index contributed by atoms with van der Waals surface area (Å²) in [5.41, 5.74) is 1.55. The lowest BCUT2D eigenvalue weighted by Gasteiger charge is -2.24. The summed E-state index contributed by atoms with van der Waals surface area (Å²) in [7, 11) is 0. The molecular formula is C12H22BrN. The Bertz CT molecular complexity index is 197. The van der Waals surface area contributed by atoms with Crippen LogP contribution in [0.25, 0.3) is 0 Å². The van der Waals surface area contributed by atoms with Crippen molar-refractivity contribution in [2.45, 2.75) is 58.9 Å². The molecule has 0 amide bonds. The maximum absolute atomic E-state index is 4.90. The van der Waals surface area contributed by atoms with Crippen LogP contribution in [0.15, 0.2) is 4.99 Å². The van der Waals surface area contributed by atoms with Gasteiger partial charge in [0.25, 0.3) is 0 Å². The molecule has 2 heteroatoms. The van der Waals surface area contributed by atoms with Gasteiger partial charge in [0.1, 0.15) is 0 Å². The fourth-order valence-electron chi connectivity index (χ4n) is 1.86. The molecule has 0 N–H and O–H groups in total. The molecular weight excluding hydrogens is 238 g/mol. The van der Waals surface area contributed by atoms with Crippen molar-refractivity contribution in [1.29, 1.82) is 0 Å². The molecule has 0 aromatic rings. The van der Waals surface area contributed by atoms with Crippen molar-refractivity contribution in [2.75, 3.05) is 5.33 Å². The standard InChI is InChI=1S/C12H22BrN/c1-12(2,3)11(9-13)14-10-7-5-4-6-8-10/h10H,4-9H2,1-3H3. The number of alkyl halides is 1. The molecule has 0 aliphatic heterocycles. The molecule has 0 bridgehead atoms. The topological polar surface area (TPSA) is 12.4 Å². The Kier molecular flexibility index (Phi) is 4.62. The molecule has 1 saturated carbocycles. The second-order valence-corrected chi connectivity index (χ2v) is 5.81. The fourth-order valence-corrected chi connectivity index (χ4v) is 2.85. The van der Waals surface area contributed by atoms with E-state index in [-0.39, 0.29) is 5.41 Å². The molecule has 0 aromatic carbocycles. The number of rotatable bonds is 2. The van der Waals surface area contributed by atoms with Crippen molar-refractivity contribution in [1.82, 2.24) is 0 Å². The minimum absolute atomic E-state index is 0.223. The normalized spacial score (nSPS) is 21.3. The molecule has 0 atom stereocenters. The van der Waals surface area contributed by atoms with E-state index in [1.54, 1.807) is 0 Å². The van der Waals surface area contributed by atoms with Crippen LogP contribution in [0.4, 0.5) is 0 Å². The van der Waals surface area contributed by atoms with E-state index in [1.165, 1.54) is 37.8 Å². The fraction of sp³-hybridized carbons (Fsp3) is 0.917. The first-order chi connectivity index (χ1) is 6.54. The van der Waals surface area contributed by atoms with Gasteiger partial charge in [0.2, 0.25) is 0 Å². The highest BCUT2D eigenvalue weighted by Gasteiger charge is 2.20. The maximum Gasteiger partial charge on any atom is 0.0499 e. The van der Waals surface area contributed by atoms with Crippen molar-refractivity contribution < 1.29 is 0 Å². The Morgan fingerprint density at radius 1 is 1.21 bits per heavy atom. The minimum atomic E-state index is 0.223. The van der Waals surface area contributed by atoms with Crippen molar-refractivity contribution in [3.05, 3.63) is 0 Å². The van der Waals surface area contributed by atoms with E-state index in [0.717, 1.165) is 5.33 Å². The van der Waals surface area contributed by atoms with E-state index in [4.69, 9.17) is 4.99 Å². The zero-order chi connectivity index (χ0) is 10.6. The second kappa shape index (κ2) is 5.29. The van der Waals surface area contributed by atoms with E-state index in [1.807, 2.05) is 0 Å². The number of nitrogens with zero attached hydrogens (tertiary/aromatic N) is 1. The summed E-state index contributed by atoms with van der Waals surface area (Å²) in [4.78, 5) is 4.90. The van der Waals surface area contributed by atoms with Gasteiger partial charge >= 0.3 is 0 Å². The summed E-state index contributed by atoms with van der Waals surface area (Å²) in [6, 6.07) is 0.607. The van der Waals surface area contributed by atoms with Crippen LogP contribution >= 0.6 is 15.9 Å². The van der Waals surface area contributed by atoms with E-state index >= 15 is 0 Å².